The molecule has 0 aliphatic carbocycles. The number of fused-ring (bicyclic) bond motifs is 1. The Morgan fingerprint density at radius 1 is 1.19 bits per heavy atom. The van der Waals surface area contributed by atoms with Crippen LogP contribution in [0.4, 0.5) is 5.82 Å². The van der Waals surface area contributed by atoms with Gasteiger partial charge in [-0.15, -0.1) is 0 Å². The number of aromatic nitrogens is 4. The normalized spacial score (nSPS) is 10.8. The van der Waals surface area contributed by atoms with Crippen molar-refractivity contribution in [2.75, 3.05) is 12.4 Å². The third kappa shape index (κ3) is 4.18. The van der Waals surface area contributed by atoms with E-state index in [1.165, 1.54) is 7.11 Å². The lowest BCUT2D eigenvalue weighted by Crippen LogP contribution is -2.30. The molecule has 31 heavy (non-hydrogen) atoms. The van der Waals surface area contributed by atoms with Gasteiger partial charge in [0, 0.05) is 18.0 Å². The number of hydrogen-bond acceptors (Lipinski definition) is 8. The fourth-order valence-corrected chi connectivity index (χ4v) is 3.20. The second-order valence-electron chi connectivity index (χ2n) is 6.76. The molecule has 0 fully saturated rings. The molecule has 1 amide bonds. The molecule has 2 aromatic carbocycles. The summed E-state index contributed by atoms with van der Waals surface area (Å²) in [5, 5.41) is 29.6. The summed E-state index contributed by atoms with van der Waals surface area (Å²) in [6.45, 7) is 0.385. The number of ether oxygens (including phenoxy) is 1. The van der Waals surface area contributed by atoms with Crippen LogP contribution in [0.3, 0.4) is 0 Å². The predicted octanol–water partition coefficient (Wildman–Crippen LogP) is 0.419. The third-order valence-electron chi connectivity index (χ3n) is 4.71. The number of primary amides is 1. The van der Waals surface area contributed by atoms with Crippen molar-refractivity contribution in [3.05, 3.63) is 59.7 Å². The van der Waals surface area contributed by atoms with E-state index in [1.807, 2.05) is 6.07 Å². The molecule has 0 saturated carbocycles. The summed E-state index contributed by atoms with van der Waals surface area (Å²) >= 11 is 0. The number of amides is 1. The minimum absolute atomic E-state index is 0.298. The van der Waals surface area contributed by atoms with E-state index in [2.05, 4.69) is 25.5 Å². The van der Waals surface area contributed by atoms with Gasteiger partial charge in [-0.2, -0.15) is 10.1 Å². The highest BCUT2D eigenvalue weighted by Gasteiger charge is 2.17. The molecule has 0 bridgehead atoms. The Morgan fingerprint density at radius 2 is 2.00 bits per heavy atom. The highest BCUT2D eigenvalue weighted by molar-refractivity contribution is 6.58. The zero-order valence-corrected chi connectivity index (χ0v) is 16.5. The maximum Gasteiger partial charge on any atom is 0.488 e. The Kier molecular flexibility index (Phi) is 5.52. The SMILES string of the molecule is COc1cc(NCc2cccc(B(O)O)c2)nc(-c2[nH]nc3c(C(N)=O)cccc23)n1. The van der Waals surface area contributed by atoms with Crippen molar-refractivity contribution < 1.29 is 19.6 Å². The van der Waals surface area contributed by atoms with E-state index in [4.69, 9.17) is 10.5 Å². The number of benzene rings is 2. The Labute approximate surface area is 177 Å². The van der Waals surface area contributed by atoms with Crippen molar-refractivity contribution in [3.8, 4) is 17.4 Å². The predicted molar refractivity (Wildman–Crippen MR) is 116 cm³/mol. The van der Waals surface area contributed by atoms with E-state index in [1.54, 1.807) is 42.5 Å². The van der Waals surface area contributed by atoms with Gasteiger partial charge in [0.2, 0.25) is 5.88 Å². The minimum atomic E-state index is -1.54. The fraction of sp³-hybridized carbons (Fsp3) is 0.100. The summed E-state index contributed by atoms with van der Waals surface area (Å²) in [5.41, 5.74) is 7.92. The number of rotatable bonds is 7. The smallest absolute Gasteiger partial charge is 0.481 e. The van der Waals surface area contributed by atoms with E-state index < -0.39 is 13.0 Å². The van der Waals surface area contributed by atoms with Crippen LogP contribution in [-0.4, -0.2) is 50.3 Å². The van der Waals surface area contributed by atoms with Gasteiger partial charge in [-0.3, -0.25) is 9.89 Å². The van der Waals surface area contributed by atoms with Gasteiger partial charge in [0.1, 0.15) is 17.0 Å². The molecule has 0 unspecified atom stereocenters. The zero-order chi connectivity index (χ0) is 22.0. The third-order valence-corrected chi connectivity index (χ3v) is 4.71. The molecule has 0 aliphatic rings. The van der Waals surface area contributed by atoms with Crippen LogP contribution in [0.25, 0.3) is 22.4 Å². The number of para-hydroxylation sites is 1. The maximum absolute atomic E-state index is 11.7. The summed E-state index contributed by atoms with van der Waals surface area (Å²) in [6, 6.07) is 13.7. The van der Waals surface area contributed by atoms with Crippen molar-refractivity contribution in [2.45, 2.75) is 6.54 Å². The first-order chi connectivity index (χ1) is 15.0. The number of H-pyrrole nitrogens is 1. The van der Waals surface area contributed by atoms with Crippen molar-refractivity contribution in [2.24, 2.45) is 5.73 Å². The van der Waals surface area contributed by atoms with Crippen molar-refractivity contribution in [3.63, 3.8) is 0 Å². The first kappa shape index (κ1) is 20.3. The number of carbonyl (C=O) groups excluding carboxylic acids is 1. The average molecular weight is 418 g/mol. The second-order valence-corrected chi connectivity index (χ2v) is 6.76. The standard InChI is InChI=1S/C20H19BN6O4/c1-31-16-9-15(23-10-11-4-2-5-12(8-11)21(29)30)24-20(25-16)18-13-6-3-7-14(19(22)28)17(13)26-27-18/h2-9,29-30H,10H2,1H3,(H2,22,28)(H,26,27)(H,23,24,25). The van der Waals surface area contributed by atoms with E-state index in [-0.39, 0.29) is 0 Å². The van der Waals surface area contributed by atoms with Crippen LogP contribution in [0.2, 0.25) is 0 Å². The van der Waals surface area contributed by atoms with Gasteiger partial charge in [-0.05, 0) is 17.1 Å². The van der Waals surface area contributed by atoms with Gasteiger partial charge >= 0.3 is 7.12 Å². The monoisotopic (exact) mass is 418 g/mol. The lowest BCUT2D eigenvalue weighted by atomic mass is 9.80. The number of nitrogens with two attached hydrogens (primary N) is 1. The lowest BCUT2D eigenvalue weighted by molar-refractivity contribution is 0.100. The summed E-state index contributed by atoms with van der Waals surface area (Å²) in [6.07, 6.45) is 0. The summed E-state index contributed by atoms with van der Waals surface area (Å²) in [5.74, 6) is 0.574. The van der Waals surface area contributed by atoms with Crippen molar-refractivity contribution in [1.29, 1.82) is 0 Å². The van der Waals surface area contributed by atoms with E-state index in [9.17, 15) is 14.8 Å². The van der Waals surface area contributed by atoms with Gasteiger partial charge in [0.25, 0.3) is 5.91 Å². The summed E-state index contributed by atoms with van der Waals surface area (Å²) in [7, 11) is -0.0391. The van der Waals surface area contributed by atoms with Gasteiger partial charge < -0.3 is 25.8 Å². The minimum Gasteiger partial charge on any atom is -0.481 e. The summed E-state index contributed by atoms with van der Waals surface area (Å²) < 4.78 is 5.30. The van der Waals surface area contributed by atoms with E-state index in [0.717, 1.165) is 5.56 Å². The molecule has 11 heteroatoms. The second kappa shape index (κ2) is 8.42. The molecule has 0 saturated heterocycles. The molecule has 0 atom stereocenters. The zero-order valence-electron chi connectivity index (χ0n) is 16.5. The number of anilines is 1. The molecule has 2 aromatic heterocycles. The van der Waals surface area contributed by atoms with Gasteiger partial charge in [-0.25, -0.2) is 4.98 Å². The van der Waals surface area contributed by atoms with Crippen LogP contribution in [0.15, 0.2) is 48.5 Å². The van der Waals surface area contributed by atoms with Crippen LogP contribution >= 0.6 is 0 Å². The van der Waals surface area contributed by atoms with Crippen molar-refractivity contribution >= 4 is 35.2 Å². The number of carbonyl (C=O) groups is 1. The number of hydrogen-bond donors (Lipinski definition) is 5. The number of aromatic amines is 1. The summed E-state index contributed by atoms with van der Waals surface area (Å²) in [4.78, 5) is 20.6. The Hall–Kier alpha value is -3.96. The molecule has 6 N–H and O–H groups in total. The molecule has 156 valence electrons. The molecule has 2 heterocycles. The van der Waals surface area contributed by atoms with Gasteiger partial charge in [-0.1, -0.05) is 36.4 Å². The van der Waals surface area contributed by atoms with E-state index >= 15 is 0 Å². The molecule has 0 spiro atoms. The number of methoxy groups -OCH3 is 1. The van der Waals surface area contributed by atoms with Crippen LogP contribution in [0, 0.1) is 0 Å². The highest BCUT2D eigenvalue weighted by atomic mass is 16.5. The number of nitrogens with one attached hydrogen (secondary N) is 2. The Bertz CT molecular complexity index is 1260. The van der Waals surface area contributed by atoms with Gasteiger partial charge in [0.15, 0.2) is 5.82 Å². The van der Waals surface area contributed by atoms with Crippen LogP contribution < -0.4 is 21.3 Å². The van der Waals surface area contributed by atoms with E-state index in [0.29, 0.717) is 51.7 Å². The number of nitrogens with zero attached hydrogens (tertiary/aromatic N) is 3. The lowest BCUT2D eigenvalue weighted by Gasteiger charge is -2.10. The average Bonchev–Trinajstić information content (AvgIpc) is 3.21. The Morgan fingerprint density at radius 3 is 2.74 bits per heavy atom. The van der Waals surface area contributed by atoms with Crippen LogP contribution in [0.5, 0.6) is 5.88 Å². The molecular formula is C20H19BN6O4. The largest absolute Gasteiger partial charge is 0.488 e. The molecule has 4 rings (SSSR count). The quantitative estimate of drug-likeness (QED) is 0.270. The van der Waals surface area contributed by atoms with Crippen LogP contribution in [-0.2, 0) is 6.54 Å². The molecular weight excluding hydrogens is 399 g/mol. The first-order valence-corrected chi connectivity index (χ1v) is 9.35. The topological polar surface area (TPSA) is 159 Å². The highest BCUT2D eigenvalue weighted by Crippen LogP contribution is 2.28. The van der Waals surface area contributed by atoms with Gasteiger partial charge in [0.05, 0.1) is 12.7 Å². The van der Waals surface area contributed by atoms with Crippen molar-refractivity contribution in [1.82, 2.24) is 20.2 Å². The molecule has 0 aliphatic heterocycles. The molecule has 10 nitrogen and oxygen atoms in total. The molecule has 4 aromatic rings. The maximum atomic E-state index is 11.7. The Balaban J connectivity index is 1.67. The molecule has 0 radical (unpaired) electrons. The first-order valence-electron chi connectivity index (χ1n) is 9.35. The van der Waals surface area contributed by atoms with Crippen LogP contribution in [0.1, 0.15) is 15.9 Å². The fourth-order valence-electron chi connectivity index (χ4n) is 3.20.